The molecule has 2 aliphatic rings. The van der Waals surface area contributed by atoms with Crippen LogP contribution in [0, 0.1) is 5.92 Å². The third-order valence-electron chi connectivity index (χ3n) is 4.80. The van der Waals surface area contributed by atoms with Crippen molar-refractivity contribution in [3.05, 3.63) is 0 Å². The van der Waals surface area contributed by atoms with Gasteiger partial charge in [-0.3, -0.25) is 0 Å². The Kier molecular flexibility index (Phi) is 3.81. The summed E-state index contributed by atoms with van der Waals surface area (Å²) in [7, 11) is 0. The Hall–Kier alpha value is -0.120. The minimum absolute atomic E-state index is 0.142. The maximum atomic E-state index is 10.3. The summed E-state index contributed by atoms with van der Waals surface area (Å²) in [6, 6.07) is 0.153. The molecule has 17 heavy (non-hydrogen) atoms. The van der Waals surface area contributed by atoms with Gasteiger partial charge >= 0.3 is 0 Å². The molecule has 3 N–H and O–H groups in total. The van der Waals surface area contributed by atoms with Crippen LogP contribution in [-0.2, 0) is 0 Å². The van der Waals surface area contributed by atoms with E-state index in [2.05, 4.69) is 12.2 Å². The lowest BCUT2D eigenvalue weighted by atomic mass is 9.76. The highest BCUT2D eigenvalue weighted by atomic mass is 16.3. The molecule has 0 spiro atoms. The van der Waals surface area contributed by atoms with Crippen molar-refractivity contribution >= 4 is 0 Å². The van der Waals surface area contributed by atoms with E-state index < -0.39 is 5.60 Å². The van der Waals surface area contributed by atoms with Gasteiger partial charge in [0.1, 0.15) is 0 Å². The van der Waals surface area contributed by atoms with E-state index in [-0.39, 0.29) is 18.2 Å². The third kappa shape index (κ3) is 2.83. The molecule has 0 saturated heterocycles. The number of hydrogen-bond acceptors (Lipinski definition) is 3. The molecular formula is C14H27NO2. The molecule has 0 aliphatic heterocycles. The lowest BCUT2D eigenvalue weighted by Gasteiger charge is -2.43. The second-order valence-electron chi connectivity index (χ2n) is 6.59. The summed E-state index contributed by atoms with van der Waals surface area (Å²) in [4.78, 5) is 0. The standard InChI is InChI=1S/C14H27NO2/c1-11-5-3-8-14(9-11,10-16)15-12-6-4-7-13(12,2)17/h11-12,15-17H,3-10H2,1-2H3. The molecule has 4 unspecified atom stereocenters. The van der Waals surface area contributed by atoms with Gasteiger partial charge in [0.15, 0.2) is 0 Å². The van der Waals surface area contributed by atoms with Gasteiger partial charge in [-0.15, -0.1) is 0 Å². The van der Waals surface area contributed by atoms with E-state index >= 15 is 0 Å². The molecular weight excluding hydrogens is 214 g/mol. The first-order valence-corrected chi connectivity index (χ1v) is 7.08. The maximum Gasteiger partial charge on any atom is 0.0772 e. The van der Waals surface area contributed by atoms with Crippen molar-refractivity contribution in [3.63, 3.8) is 0 Å². The summed E-state index contributed by atoms with van der Waals surface area (Å²) in [5.41, 5.74) is -0.737. The fraction of sp³-hybridized carbons (Fsp3) is 1.00. The highest BCUT2D eigenvalue weighted by Crippen LogP contribution is 2.36. The summed E-state index contributed by atoms with van der Waals surface area (Å²) >= 11 is 0. The molecule has 0 aromatic heterocycles. The van der Waals surface area contributed by atoms with Crippen LogP contribution in [0.15, 0.2) is 0 Å². The van der Waals surface area contributed by atoms with E-state index in [0.29, 0.717) is 5.92 Å². The second-order valence-corrected chi connectivity index (χ2v) is 6.59. The maximum absolute atomic E-state index is 10.3. The quantitative estimate of drug-likeness (QED) is 0.706. The first kappa shape index (κ1) is 13.3. The van der Waals surface area contributed by atoms with Gasteiger partial charge in [0.25, 0.3) is 0 Å². The normalized spacial score (nSPS) is 47.3. The first-order valence-electron chi connectivity index (χ1n) is 7.08. The van der Waals surface area contributed by atoms with Gasteiger partial charge in [-0.2, -0.15) is 0 Å². The molecule has 0 aromatic carbocycles. The van der Waals surface area contributed by atoms with E-state index in [1.165, 1.54) is 12.8 Å². The van der Waals surface area contributed by atoms with Crippen molar-refractivity contribution in [1.82, 2.24) is 5.32 Å². The van der Waals surface area contributed by atoms with Gasteiger partial charge in [0.2, 0.25) is 0 Å². The van der Waals surface area contributed by atoms with Crippen LogP contribution in [-0.4, -0.2) is 34.0 Å². The minimum atomic E-state index is -0.594. The first-order chi connectivity index (χ1) is 7.97. The highest BCUT2D eigenvalue weighted by Gasteiger charge is 2.43. The van der Waals surface area contributed by atoms with Crippen molar-refractivity contribution in [2.75, 3.05) is 6.61 Å². The smallest absolute Gasteiger partial charge is 0.0772 e. The van der Waals surface area contributed by atoms with Crippen molar-refractivity contribution < 1.29 is 10.2 Å². The molecule has 0 heterocycles. The second kappa shape index (κ2) is 4.87. The molecule has 2 aliphatic carbocycles. The molecule has 0 aromatic rings. The molecule has 3 nitrogen and oxygen atoms in total. The number of hydrogen-bond donors (Lipinski definition) is 3. The summed E-state index contributed by atoms with van der Waals surface area (Å²) in [6.45, 7) is 4.39. The number of rotatable bonds is 3. The van der Waals surface area contributed by atoms with E-state index in [4.69, 9.17) is 0 Å². The zero-order valence-corrected chi connectivity index (χ0v) is 11.2. The van der Waals surface area contributed by atoms with Crippen molar-refractivity contribution in [1.29, 1.82) is 0 Å². The Morgan fingerprint density at radius 3 is 2.47 bits per heavy atom. The summed E-state index contributed by atoms with van der Waals surface area (Å²) in [5, 5.41) is 23.7. The van der Waals surface area contributed by atoms with Crippen LogP contribution in [0.5, 0.6) is 0 Å². The van der Waals surface area contributed by atoms with Gasteiger partial charge in [-0.25, -0.2) is 0 Å². The third-order valence-corrected chi connectivity index (χ3v) is 4.80. The Morgan fingerprint density at radius 1 is 1.24 bits per heavy atom. The van der Waals surface area contributed by atoms with Crippen LogP contribution >= 0.6 is 0 Å². The minimum Gasteiger partial charge on any atom is -0.394 e. The lowest BCUT2D eigenvalue weighted by molar-refractivity contribution is 0.00601. The predicted octanol–water partition coefficient (Wildman–Crippen LogP) is 1.82. The largest absolute Gasteiger partial charge is 0.394 e. The van der Waals surface area contributed by atoms with Crippen molar-refractivity contribution in [3.8, 4) is 0 Å². The molecule has 3 heteroatoms. The average molecular weight is 241 g/mol. The fourth-order valence-electron chi connectivity index (χ4n) is 3.73. The molecule has 2 saturated carbocycles. The van der Waals surface area contributed by atoms with Gasteiger partial charge in [-0.1, -0.05) is 19.8 Å². The summed E-state index contributed by atoms with van der Waals surface area (Å²) in [5.74, 6) is 0.676. The number of nitrogens with one attached hydrogen (secondary N) is 1. The number of aliphatic hydroxyl groups is 2. The van der Waals surface area contributed by atoms with Crippen molar-refractivity contribution in [2.24, 2.45) is 5.92 Å². The Labute approximate surface area is 105 Å². The molecule has 100 valence electrons. The Bertz CT molecular complexity index is 267. The molecule has 2 rings (SSSR count). The zero-order chi connectivity index (χ0) is 12.5. The molecule has 0 amide bonds. The van der Waals surface area contributed by atoms with Crippen LogP contribution in [0.4, 0.5) is 0 Å². The average Bonchev–Trinajstić information content (AvgIpc) is 2.58. The van der Waals surface area contributed by atoms with Gasteiger partial charge in [0.05, 0.1) is 12.2 Å². The topological polar surface area (TPSA) is 52.5 Å². The monoisotopic (exact) mass is 241 g/mol. The SMILES string of the molecule is CC1CCCC(CO)(NC2CCCC2(C)O)C1. The van der Waals surface area contributed by atoms with Crippen LogP contribution in [0.1, 0.15) is 58.8 Å². The summed E-state index contributed by atoms with van der Waals surface area (Å²) in [6.07, 6.45) is 7.52. The van der Waals surface area contributed by atoms with Crippen LogP contribution in [0.2, 0.25) is 0 Å². The van der Waals surface area contributed by atoms with E-state index in [0.717, 1.165) is 32.1 Å². The Balaban J connectivity index is 2.03. The van der Waals surface area contributed by atoms with Crippen molar-refractivity contribution in [2.45, 2.75) is 76.0 Å². The molecule has 2 fully saturated rings. The van der Waals surface area contributed by atoms with Gasteiger partial charge < -0.3 is 15.5 Å². The zero-order valence-electron chi connectivity index (χ0n) is 11.2. The predicted molar refractivity (Wildman–Crippen MR) is 68.8 cm³/mol. The van der Waals surface area contributed by atoms with Gasteiger partial charge in [-0.05, 0) is 44.9 Å². The lowest BCUT2D eigenvalue weighted by Crippen LogP contribution is -2.59. The molecule has 0 radical (unpaired) electrons. The summed E-state index contributed by atoms with van der Waals surface area (Å²) < 4.78 is 0. The van der Waals surface area contributed by atoms with Crippen LogP contribution in [0.3, 0.4) is 0 Å². The fourth-order valence-corrected chi connectivity index (χ4v) is 3.73. The van der Waals surface area contributed by atoms with E-state index in [9.17, 15) is 10.2 Å². The Morgan fingerprint density at radius 2 is 1.94 bits per heavy atom. The highest BCUT2D eigenvalue weighted by molar-refractivity contribution is 5.01. The van der Waals surface area contributed by atoms with Crippen LogP contribution < -0.4 is 5.32 Å². The van der Waals surface area contributed by atoms with E-state index in [1.807, 2.05) is 6.92 Å². The number of aliphatic hydroxyl groups excluding tert-OH is 1. The molecule has 4 atom stereocenters. The molecule has 0 bridgehead atoms. The van der Waals surface area contributed by atoms with E-state index in [1.54, 1.807) is 0 Å². The van der Waals surface area contributed by atoms with Crippen LogP contribution in [0.25, 0.3) is 0 Å². The van der Waals surface area contributed by atoms with Gasteiger partial charge in [0, 0.05) is 11.6 Å².